The van der Waals surface area contributed by atoms with Gasteiger partial charge in [-0.3, -0.25) is 0 Å². The highest BCUT2D eigenvalue weighted by Crippen LogP contribution is 2.38. The molecule has 0 bridgehead atoms. The van der Waals surface area contributed by atoms with Gasteiger partial charge in [0.05, 0.1) is 11.2 Å². The highest BCUT2D eigenvalue weighted by molar-refractivity contribution is 6.53. The molecule has 1 saturated heterocycles. The zero-order chi connectivity index (χ0) is 11.7. The van der Waals surface area contributed by atoms with Gasteiger partial charge in [0.1, 0.15) is 5.73 Å². The molecule has 2 nitrogen and oxygen atoms in total. The summed E-state index contributed by atoms with van der Waals surface area (Å²) in [6.45, 7) is 9.68. The Morgan fingerprint density at radius 1 is 1.20 bits per heavy atom. The van der Waals surface area contributed by atoms with Crippen LogP contribution in [0, 0.1) is 0 Å². The summed E-state index contributed by atoms with van der Waals surface area (Å²) >= 11 is 0. The van der Waals surface area contributed by atoms with Crippen molar-refractivity contribution in [3.63, 3.8) is 0 Å². The van der Waals surface area contributed by atoms with E-state index in [1.807, 2.05) is 34.6 Å². The fourth-order valence-corrected chi connectivity index (χ4v) is 1.33. The van der Waals surface area contributed by atoms with Crippen LogP contribution in [0.3, 0.4) is 0 Å². The Hall–Kier alpha value is -0.345. The topological polar surface area (TPSA) is 18.5 Å². The lowest BCUT2D eigenvalue weighted by molar-refractivity contribution is 0.00578. The molecule has 0 N–H and O–H groups in total. The SMILES string of the molecule is CCCC=C(F)B1OC(C)(C)C(C)(C)O1. The summed E-state index contributed by atoms with van der Waals surface area (Å²) in [5.74, 6) is 0. The van der Waals surface area contributed by atoms with Gasteiger partial charge in [-0.05, 0) is 34.1 Å². The number of hydrogen-bond acceptors (Lipinski definition) is 2. The van der Waals surface area contributed by atoms with Crippen molar-refractivity contribution >= 4 is 7.12 Å². The van der Waals surface area contributed by atoms with Crippen LogP contribution in [0.4, 0.5) is 4.39 Å². The number of hydrogen-bond donors (Lipinski definition) is 0. The van der Waals surface area contributed by atoms with Gasteiger partial charge in [0.25, 0.3) is 0 Å². The van der Waals surface area contributed by atoms with E-state index in [1.54, 1.807) is 6.08 Å². The first-order chi connectivity index (χ1) is 6.80. The molecule has 1 rings (SSSR count). The van der Waals surface area contributed by atoms with Crippen molar-refractivity contribution in [3.8, 4) is 0 Å². The molecule has 86 valence electrons. The summed E-state index contributed by atoms with van der Waals surface area (Å²) in [6.07, 6.45) is 3.19. The maximum absolute atomic E-state index is 13.6. The van der Waals surface area contributed by atoms with Crippen LogP contribution in [-0.2, 0) is 9.31 Å². The molecule has 1 aliphatic heterocycles. The summed E-state index contributed by atoms with van der Waals surface area (Å²) in [7, 11) is -0.832. The van der Waals surface area contributed by atoms with E-state index in [2.05, 4.69) is 0 Å². The quantitative estimate of drug-likeness (QED) is 0.671. The zero-order valence-corrected chi connectivity index (χ0v) is 10.3. The Kier molecular flexibility index (Phi) is 3.61. The summed E-state index contributed by atoms with van der Waals surface area (Å²) in [5, 5.41) is 0. The van der Waals surface area contributed by atoms with Crippen molar-refractivity contribution in [1.82, 2.24) is 0 Å². The van der Waals surface area contributed by atoms with Crippen LogP contribution >= 0.6 is 0 Å². The minimum Gasteiger partial charge on any atom is -0.398 e. The second-order valence-corrected chi connectivity index (χ2v) is 4.97. The molecule has 0 atom stereocenters. The maximum Gasteiger partial charge on any atom is 0.524 e. The highest BCUT2D eigenvalue weighted by Gasteiger charge is 2.52. The minimum atomic E-state index is -0.832. The van der Waals surface area contributed by atoms with Gasteiger partial charge in [0.2, 0.25) is 0 Å². The molecule has 0 spiro atoms. The molecular weight excluding hydrogens is 194 g/mol. The van der Waals surface area contributed by atoms with Gasteiger partial charge in [0.15, 0.2) is 0 Å². The summed E-state index contributed by atoms with van der Waals surface area (Å²) in [6, 6.07) is 0. The van der Waals surface area contributed by atoms with Gasteiger partial charge in [-0.15, -0.1) is 0 Å². The average molecular weight is 214 g/mol. The second kappa shape index (κ2) is 4.26. The van der Waals surface area contributed by atoms with E-state index in [4.69, 9.17) is 9.31 Å². The number of halogens is 1. The molecule has 0 radical (unpaired) electrons. The first-order valence-corrected chi connectivity index (χ1v) is 5.51. The molecule has 1 fully saturated rings. The van der Waals surface area contributed by atoms with Crippen LogP contribution < -0.4 is 0 Å². The van der Waals surface area contributed by atoms with Crippen LogP contribution in [0.1, 0.15) is 47.5 Å². The van der Waals surface area contributed by atoms with Gasteiger partial charge >= 0.3 is 7.12 Å². The first-order valence-electron chi connectivity index (χ1n) is 5.51. The van der Waals surface area contributed by atoms with Crippen LogP contribution in [0.25, 0.3) is 0 Å². The van der Waals surface area contributed by atoms with Gasteiger partial charge in [0, 0.05) is 0 Å². The van der Waals surface area contributed by atoms with Gasteiger partial charge in [-0.1, -0.05) is 19.4 Å². The largest absolute Gasteiger partial charge is 0.524 e. The predicted molar refractivity (Wildman–Crippen MR) is 60.2 cm³/mol. The van der Waals surface area contributed by atoms with E-state index in [0.29, 0.717) is 0 Å². The van der Waals surface area contributed by atoms with Crippen LogP contribution in [0.5, 0.6) is 0 Å². The molecule has 4 heteroatoms. The van der Waals surface area contributed by atoms with Gasteiger partial charge in [-0.25, -0.2) is 4.39 Å². The molecule has 0 amide bonds. The smallest absolute Gasteiger partial charge is 0.398 e. The van der Waals surface area contributed by atoms with E-state index in [9.17, 15) is 4.39 Å². The first kappa shape index (κ1) is 12.7. The molecule has 0 aromatic rings. The second-order valence-electron chi connectivity index (χ2n) is 4.97. The average Bonchev–Trinajstić information content (AvgIpc) is 2.32. The molecule has 1 heterocycles. The molecule has 1 aliphatic rings. The Morgan fingerprint density at radius 2 is 1.67 bits per heavy atom. The van der Waals surface area contributed by atoms with Crippen LogP contribution in [0.15, 0.2) is 11.8 Å². The Morgan fingerprint density at radius 3 is 2.07 bits per heavy atom. The van der Waals surface area contributed by atoms with Crippen molar-refractivity contribution < 1.29 is 13.7 Å². The van der Waals surface area contributed by atoms with E-state index in [1.165, 1.54) is 0 Å². The third kappa shape index (κ3) is 2.61. The number of rotatable bonds is 3. The molecule has 0 aromatic carbocycles. The molecule has 15 heavy (non-hydrogen) atoms. The van der Waals surface area contributed by atoms with E-state index >= 15 is 0 Å². The third-order valence-corrected chi connectivity index (χ3v) is 3.11. The van der Waals surface area contributed by atoms with E-state index in [-0.39, 0.29) is 5.73 Å². The molecule has 0 aliphatic carbocycles. The van der Waals surface area contributed by atoms with Crippen molar-refractivity contribution in [2.24, 2.45) is 0 Å². The number of unbranched alkanes of at least 4 members (excludes halogenated alkanes) is 1. The third-order valence-electron chi connectivity index (χ3n) is 3.11. The van der Waals surface area contributed by atoms with Crippen molar-refractivity contribution in [1.29, 1.82) is 0 Å². The number of allylic oxidation sites excluding steroid dienone is 1. The maximum atomic E-state index is 13.6. The molecular formula is C11H20BFO2. The summed E-state index contributed by atoms with van der Waals surface area (Å²) in [4.78, 5) is 0. The van der Waals surface area contributed by atoms with Crippen molar-refractivity contribution in [2.75, 3.05) is 0 Å². The van der Waals surface area contributed by atoms with Crippen molar-refractivity contribution in [2.45, 2.75) is 58.7 Å². The lowest BCUT2D eigenvalue weighted by Crippen LogP contribution is -2.41. The van der Waals surface area contributed by atoms with Gasteiger partial charge < -0.3 is 9.31 Å². The van der Waals surface area contributed by atoms with Crippen molar-refractivity contribution in [3.05, 3.63) is 11.8 Å². The zero-order valence-electron chi connectivity index (χ0n) is 10.3. The summed E-state index contributed by atoms with van der Waals surface area (Å²) in [5.41, 5.74) is -1.24. The Balaban J connectivity index is 2.70. The van der Waals surface area contributed by atoms with Crippen LogP contribution in [-0.4, -0.2) is 18.3 Å². The summed E-state index contributed by atoms with van der Waals surface area (Å²) < 4.78 is 24.7. The standard InChI is InChI=1S/C11H20BFO2/c1-6-7-8-9(13)12-14-10(2,3)11(4,5)15-12/h8H,6-7H2,1-5H3. The molecule has 0 unspecified atom stereocenters. The Labute approximate surface area is 92.0 Å². The lowest BCUT2D eigenvalue weighted by atomic mass is 9.87. The molecule has 0 saturated carbocycles. The van der Waals surface area contributed by atoms with Gasteiger partial charge in [-0.2, -0.15) is 0 Å². The minimum absolute atomic E-state index is 0.310. The molecule has 0 aromatic heterocycles. The van der Waals surface area contributed by atoms with E-state index in [0.717, 1.165) is 12.8 Å². The Bertz CT molecular complexity index is 245. The van der Waals surface area contributed by atoms with E-state index < -0.39 is 18.3 Å². The lowest BCUT2D eigenvalue weighted by Gasteiger charge is -2.32. The normalized spacial score (nSPS) is 24.7. The highest BCUT2D eigenvalue weighted by atomic mass is 19.1. The fourth-order valence-electron chi connectivity index (χ4n) is 1.33. The van der Waals surface area contributed by atoms with Crippen LogP contribution in [0.2, 0.25) is 0 Å². The fraction of sp³-hybridized carbons (Fsp3) is 0.818. The predicted octanol–water partition coefficient (Wildman–Crippen LogP) is 3.27. The monoisotopic (exact) mass is 214 g/mol.